The van der Waals surface area contributed by atoms with E-state index >= 15 is 0 Å². The van der Waals surface area contributed by atoms with Crippen LogP contribution in [-0.4, -0.2) is 22.8 Å². The van der Waals surface area contributed by atoms with Crippen LogP contribution in [0.3, 0.4) is 0 Å². The predicted octanol–water partition coefficient (Wildman–Crippen LogP) is 6.07. The first-order valence-corrected chi connectivity index (χ1v) is 11.4. The summed E-state index contributed by atoms with van der Waals surface area (Å²) in [4.78, 5) is 12.2. The lowest BCUT2D eigenvalue weighted by atomic mass is 9.70. The van der Waals surface area contributed by atoms with Gasteiger partial charge in [-0.15, -0.1) is 0 Å². The monoisotopic (exact) mass is 440 g/mol. The minimum Gasteiger partial charge on any atom is -0.487 e. The van der Waals surface area contributed by atoms with Gasteiger partial charge in [0, 0.05) is 11.5 Å². The second-order valence-electron chi connectivity index (χ2n) is 10.8. The van der Waals surface area contributed by atoms with Gasteiger partial charge in [-0.1, -0.05) is 39.0 Å². The van der Waals surface area contributed by atoms with Crippen molar-refractivity contribution in [3.63, 3.8) is 0 Å². The van der Waals surface area contributed by atoms with Crippen molar-refractivity contribution in [1.82, 2.24) is 0 Å². The molecule has 32 heavy (non-hydrogen) atoms. The molecule has 172 valence electrons. The van der Waals surface area contributed by atoms with Gasteiger partial charge in [0.15, 0.2) is 0 Å². The van der Waals surface area contributed by atoms with Gasteiger partial charge >= 0.3 is 5.97 Å². The zero-order valence-electron chi connectivity index (χ0n) is 19.5. The molecule has 2 heterocycles. The van der Waals surface area contributed by atoms with E-state index in [1.807, 2.05) is 19.9 Å². The second kappa shape index (κ2) is 8.18. The summed E-state index contributed by atoms with van der Waals surface area (Å²) in [6.07, 6.45) is 1.08. The first-order chi connectivity index (χ1) is 15.0. The third-order valence-electron chi connectivity index (χ3n) is 7.04. The first-order valence-electron chi connectivity index (χ1n) is 11.4. The Kier molecular flexibility index (Phi) is 5.83. The lowest BCUT2D eigenvalue weighted by molar-refractivity contribution is -0.188. The van der Waals surface area contributed by atoms with Gasteiger partial charge in [-0.3, -0.25) is 4.79 Å². The Labute approximate surface area is 189 Å². The molecule has 2 aromatic carbocycles. The van der Waals surface area contributed by atoms with Crippen molar-refractivity contribution in [2.24, 2.45) is 11.8 Å². The molecular formula is C27H33FO4. The fraction of sp³-hybridized carbons (Fsp3) is 0.519. The molecule has 1 saturated heterocycles. The maximum atomic E-state index is 13.3. The standard InChI is InChI=1S/C27H33FO4/c1-26(2,3)17-9-13-23-19(14-17)24-21(27(4,5)32-23)15-20(25(29)30)22(31-24)12-8-16-6-10-18(28)11-7-16/h6-7,9-11,13-14,20-22,24H,8,12,15H2,1-5H3,(H,29,30)/t20-,21+,22+,24-/m1/s1. The number of fused-ring (bicyclic) bond motifs is 3. The molecule has 2 aromatic rings. The van der Waals surface area contributed by atoms with Crippen molar-refractivity contribution in [2.45, 2.75) is 77.1 Å². The number of rotatable bonds is 4. The molecule has 0 spiro atoms. The van der Waals surface area contributed by atoms with E-state index in [-0.39, 0.29) is 23.3 Å². The van der Waals surface area contributed by atoms with Crippen LogP contribution in [0.5, 0.6) is 5.75 Å². The van der Waals surface area contributed by atoms with Gasteiger partial charge in [0.25, 0.3) is 0 Å². The number of hydrogen-bond donors (Lipinski definition) is 1. The quantitative estimate of drug-likeness (QED) is 0.627. The van der Waals surface area contributed by atoms with Crippen LogP contribution >= 0.6 is 0 Å². The number of benzene rings is 2. The minimum absolute atomic E-state index is 0.0161. The Bertz CT molecular complexity index is 990. The van der Waals surface area contributed by atoms with Crippen LogP contribution in [0.2, 0.25) is 0 Å². The Balaban J connectivity index is 1.65. The smallest absolute Gasteiger partial charge is 0.309 e. The highest BCUT2D eigenvalue weighted by molar-refractivity contribution is 5.71. The Morgan fingerprint density at radius 2 is 1.84 bits per heavy atom. The molecule has 0 unspecified atom stereocenters. The Morgan fingerprint density at radius 1 is 1.16 bits per heavy atom. The van der Waals surface area contributed by atoms with Gasteiger partial charge < -0.3 is 14.6 Å². The lowest BCUT2D eigenvalue weighted by Gasteiger charge is -2.50. The van der Waals surface area contributed by atoms with E-state index in [9.17, 15) is 14.3 Å². The van der Waals surface area contributed by atoms with Crippen molar-refractivity contribution in [1.29, 1.82) is 0 Å². The summed E-state index contributed by atoms with van der Waals surface area (Å²) in [6, 6.07) is 12.7. The van der Waals surface area contributed by atoms with E-state index in [0.29, 0.717) is 19.3 Å². The minimum atomic E-state index is -0.836. The van der Waals surface area contributed by atoms with Gasteiger partial charge in [-0.05, 0) is 73.9 Å². The predicted molar refractivity (Wildman–Crippen MR) is 121 cm³/mol. The van der Waals surface area contributed by atoms with Crippen molar-refractivity contribution < 1.29 is 23.8 Å². The fourth-order valence-corrected chi connectivity index (χ4v) is 5.04. The molecule has 4 nitrogen and oxygen atoms in total. The number of carbonyl (C=O) groups is 1. The average molecular weight is 441 g/mol. The molecule has 2 aliphatic rings. The van der Waals surface area contributed by atoms with Gasteiger partial charge in [0.2, 0.25) is 0 Å². The molecular weight excluding hydrogens is 407 g/mol. The molecule has 1 fully saturated rings. The van der Waals surface area contributed by atoms with Crippen LogP contribution in [0.25, 0.3) is 0 Å². The normalized spacial score (nSPS) is 26.6. The Morgan fingerprint density at radius 3 is 2.47 bits per heavy atom. The summed E-state index contributed by atoms with van der Waals surface area (Å²) in [5, 5.41) is 9.98. The molecule has 0 amide bonds. The van der Waals surface area contributed by atoms with Gasteiger partial charge in [-0.2, -0.15) is 0 Å². The zero-order chi connectivity index (χ0) is 23.3. The molecule has 1 N–H and O–H groups in total. The summed E-state index contributed by atoms with van der Waals surface area (Å²) in [5.74, 6) is -0.960. The largest absolute Gasteiger partial charge is 0.487 e. The van der Waals surface area contributed by atoms with Crippen LogP contribution < -0.4 is 4.74 Å². The molecule has 0 aliphatic carbocycles. The average Bonchev–Trinajstić information content (AvgIpc) is 2.71. The second-order valence-corrected chi connectivity index (χ2v) is 10.8. The highest BCUT2D eigenvalue weighted by Crippen LogP contribution is 2.53. The first kappa shape index (κ1) is 22.8. The van der Waals surface area contributed by atoms with Gasteiger partial charge in [0.05, 0.1) is 18.1 Å². The van der Waals surface area contributed by atoms with Gasteiger partial charge in [-0.25, -0.2) is 4.39 Å². The van der Waals surface area contributed by atoms with Crippen molar-refractivity contribution in [3.05, 3.63) is 65.0 Å². The molecule has 4 rings (SSSR count). The molecule has 0 saturated carbocycles. The number of carboxylic acid groups (broad SMARTS) is 1. The summed E-state index contributed by atoms with van der Waals surface area (Å²) < 4.78 is 26.2. The van der Waals surface area contributed by atoms with Crippen molar-refractivity contribution in [2.75, 3.05) is 0 Å². The third-order valence-corrected chi connectivity index (χ3v) is 7.04. The van der Waals surface area contributed by atoms with E-state index in [1.165, 1.54) is 17.7 Å². The van der Waals surface area contributed by atoms with E-state index in [4.69, 9.17) is 9.47 Å². The SMILES string of the molecule is CC(C)(C)c1ccc2c(c1)[C@H]1O[C@@H](CCc3ccc(F)cc3)[C@H](C(=O)O)C[C@@H]1C(C)(C)O2. The molecule has 0 aromatic heterocycles. The highest BCUT2D eigenvalue weighted by Gasteiger charge is 2.52. The van der Waals surface area contributed by atoms with E-state index < -0.39 is 23.6 Å². The number of halogens is 1. The van der Waals surface area contributed by atoms with E-state index in [0.717, 1.165) is 16.9 Å². The number of hydrogen-bond acceptors (Lipinski definition) is 3. The highest BCUT2D eigenvalue weighted by atomic mass is 19.1. The number of aryl methyl sites for hydroxylation is 1. The topological polar surface area (TPSA) is 55.8 Å². The molecule has 2 aliphatic heterocycles. The molecule has 0 radical (unpaired) electrons. The fourth-order valence-electron chi connectivity index (χ4n) is 5.04. The summed E-state index contributed by atoms with van der Waals surface area (Å²) in [7, 11) is 0. The summed E-state index contributed by atoms with van der Waals surface area (Å²) in [6.45, 7) is 10.6. The third kappa shape index (κ3) is 4.40. The van der Waals surface area contributed by atoms with E-state index in [1.54, 1.807) is 12.1 Å². The number of carboxylic acids is 1. The number of ether oxygens (including phenoxy) is 2. The molecule has 0 bridgehead atoms. The summed E-state index contributed by atoms with van der Waals surface area (Å²) >= 11 is 0. The Hall–Kier alpha value is -2.40. The maximum absolute atomic E-state index is 13.3. The van der Waals surface area contributed by atoms with E-state index in [2.05, 4.69) is 32.9 Å². The van der Waals surface area contributed by atoms with Crippen LogP contribution in [0.1, 0.15) is 70.3 Å². The zero-order valence-corrected chi connectivity index (χ0v) is 19.5. The molecule has 5 heteroatoms. The van der Waals surface area contributed by atoms with Crippen molar-refractivity contribution >= 4 is 5.97 Å². The molecule has 4 atom stereocenters. The van der Waals surface area contributed by atoms with Crippen LogP contribution in [0, 0.1) is 17.7 Å². The maximum Gasteiger partial charge on any atom is 0.309 e. The van der Waals surface area contributed by atoms with Crippen LogP contribution in [0.4, 0.5) is 4.39 Å². The summed E-state index contributed by atoms with van der Waals surface area (Å²) in [5.41, 5.74) is 2.64. The van der Waals surface area contributed by atoms with Crippen LogP contribution in [0.15, 0.2) is 42.5 Å². The lowest BCUT2D eigenvalue weighted by Crippen LogP contribution is -2.52. The number of aliphatic carboxylic acids is 1. The van der Waals surface area contributed by atoms with Crippen molar-refractivity contribution in [3.8, 4) is 5.75 Å². The van der Waals surface area contributed by atoms with Gasteiger partial charge in [0.1, 0.15) is 17.2 Å². The van der Waals surface area contributed by atoms with Crippen LogP contribution in [-0.2, 0) is 21.4 Å².